The maximum atomic E-state index is 12.2. The molecule has 7 heteroatoms. The number of hydrogen-bond donors (Lipinski definition) is 4. The van der Waals surface area contributed by atoms with Crippen molar-refractivity contribution in [3.63, 3.8) is 0 Å². The van der Waals surface area contributed by atoms with Gasteiger partial charge in [0, 0.05) is 35.6 Å². The summed E-state index contributed by atoms with van der Waals surface area (Å²) in [4.78, 5) is 21.0. The lowest BCUT2D eigenvalue weighted by Gasteiger charge is -2.10. The number of pyridine rings is 2. The number of amides is 1. The summed E-state index contributed by atoms with van der Waals surface area (Å²) in [6.07, 6.45) is 3.25. The van der Waals surface area contributed by atoms with Crippen LogP contribution in [0.25, 0.3) is 33.3 Å². The van der Waals surface area contributed by atoms with Crippen LogP contribution in [0.4, 0.5) is 5.69 Å². The van der Waals surface area contributed by atoms with Crippen LogP contribution in [0.1, 0.15) is 10.4 Å². The SMILES string of the molecule is NNC(=O)c1cc(-c2ccc(-c3ccc(NCCO)cc3)cc2)nc2ccncc12. The summed E-state index contributed by atoms with van der Waals surface area (Å²) >= 11 is 0. The lowest BCUT2D eigenvalue weighted by atomic mass is 10.0. The molecule has 5 N–H and O–H groups in total. The lowest BCUT2D eigenvalue weighted by molar-refractivity contribution is 0.0955. The Balaban J connectivity index is 1.66. The fourth-order valence-corrected chi connectivity index (χ4v) is 3.30. The molecular formula is C23H21N5O2. The van der Waals surface area contributed by atoms with E-state index in [9.17, 15) is 4.79 Å². The van der Waals surface area contributed by atoms with Gasteiger partial charge in [-0.3, -0.25) is 15.2 Å². The highest BCUT2D eigenvalue weighted by atomic mass is 16.3. The lowest BCUT2D eigenvalue weighted by Crippen LogP contribution is -2.30. The van der Waals surface area contributed by atoms with Gasteiger partial charge in [0.1, 0.15) is 0 Å². The maximum Gasteiger partial charge on any atom is 0.265 e. The van der Waals surface area contributed by atoms with Crippen LogP contribution < -0.4 is 16.6 Å². The molecule has 0 radical (unpaired) electrons. The molecule has 4 rings (SSSR count). The maximum absolute atomic E-state index is 12.2. The first-order valence-electron chi connectivity index (χ1n) is 9.51. The fourth-order valence-electron chi connectivity index (χ4n) is 3.30. The molecule has 2 aromatic carbocycles. The van der Waals surface area contributed by atoms with Gasteiger partial charge in [-0.05, 0) is 35.4 Å². The van der Waals surface area contributed by atoms with E-state index in [2.05, 4.69) is 20.7 Å². The number of aromatic nitrogens is 2. The summed E-state index contributed by atoms with van der Waals surface area (Å²) in [7, 11) is 0. The van der Waals surface area contributed by atoms with Crippen molar-refractivity contribution in [1.82, 2.24) is 15.4 Å². The number of nitrogens with one attached hydrogen (secondary N) is 2. The Bertz CT molecular complexity index is 1170. The average Bonchev–Trinajstić information content (AvgIpc) is 2.82. The van der Waals surface area contributed by atoms with E-state index in [1.54, 1.807) is 24.5 Å². The molecule has 0 aliphatic carbocycles. The number of nitrogens with two attached hydrogens (primary N) is 1. The fraction of sp³-hybridized carbons (Fsp3) is 0.0870. The Morgan fingerprint density at radius 1 is 0.967 bits per heavy atom. The molecule has 0 saturated carbocycles. The quantitative estimate of drug-likeness (QED) is 0.225. The zero-order chi connectivity index (χ0) is 20.9. The number of nitrogens with zero attached hydrogens (tertiary/aromatic N) is 2. The number of aliphatic hydroxyl groups is 1. The first-order chi connectivity index (χ1) is 14.7. The van der Waals surface area contributed by atoms with Crippen molar-refractivity contribution in [2.45, 2.75) is 0 Å². The van der Waals surface area contributed by atoms with Gasteiger partial charge in [0.15, 0.2) is 0 Å². The zero-order valence-corrected chi connectivity index (χ0v) is 16.2. The third-order valence-corrected chi connectivity index (χ3v) is 4.83. The molecule has 7 nitrogen and oxygen atoms in total. The number of hydrazine groups is 1. The second kappa shape index (κ2) is 8.69. The van der Waals surface area contributed by atoms with Gasteiger partial charge in [-0.25, -0.2) is 10.8 Å². The van der Waals surface area contributed by atoms with Crippen LogP contribution in [0.3, 0.4) is 0 Å². The largest absolute Gasteiger partial charge is 0.395 e. The number of carbonyl (C=O) groups excluding carboxylic acids is 1. The van der Waals surface area contributed by atoms with E-state index in [4.69, 9.17) is 10.9 Å². The predicted octanol–water partition coefficient (Wildman–Crippen LogP) is 2.97. The molecule has 150 valence electrons. The Hall–Kier alpha value is -3.81. The molecule has 4 aromatic rings. The topological polar surface area (TPSA) is 113 Å². The summed E-state index contributed by atoms with van der Waals surface area (Å²) < 4.78 is 0. The minimum Gasteiger partial charge on any atom is -0.395 e. The van der Waals surface area contributed by atoms with Crippen LogP contribution in [-0.4, -0.2) is 34.1 Å². The summed E-state index contributed by atoms with van der Waals surface area (Å²) in [5, 5.41) is 12.7. The number of hydrogen-bond acceptors (Lipinski definition) is 6. The number of fused-ring (bicyclic) bond motifs is 1. The summed E-state index contributed by atoms with van der Waals surface area (Å²) in [6.45, 7) is 0.615. The smallest absolute Gasteiger partial charge is 0.265 e. The van der Waals surface area contributed by atoms with E-state index >= 15 is 0 Å². The summed E-state index contributed by atoms with van der Waals surface area (Å²) in [5.74, 6) is 4.96. The molecule has 30 heavy (non-hydrogen) atoms. The Kier molecular flexibility index (Phi) is 5.65. The van der Waals surface area contributed by atoms with Crippen molar-refractivity contribution in [2.75, 3.05) is 18.5 Å². The number of rotatable bonds is 6. The van der Waals surface area contributed by atoms with E-state index in [1.807, 2.05) is 48.5 Å². The van der Waals surface area contributed by atoms with Crippen LogP contribution in [0.2, 0.25) is 0 Å². The normalized spacial score (nSPS) is 10.7. The molecular weight excluding hydrogens is 378 g/mol. The number of nitrogen functional groups attached to an aromatic ring is 1. The number of carbonyl (C=O) groups is 1. The van der Waals surface area contributed by atoms with Gasteiger partial charge in [0.2, 0.25) is 0 Å². The van der Waals surface area contributed by atoms with Crippen LogP contribution in [0.15, 0.2) is 73.1 Å². The van der Waals surface area contributed by atoms with Crippen molar-refractivity contribution >= 4 is 22.5 Å². The molecule has 0 unspecified atom stereocenters. The predicted molar refractivity (Wildman–Crippen MR) is 118 cm³/mol. The zero-order valence-electron chi connectivity index (χ0n) is 16.2. The highest BCUT2D eigenvalue weighted by molar-refractivity contribution is 6.06. The van der Waals surface area contributed by atoms with Gasteiger partial charge in [-0.15, -0.1) is 0 Å². The number of anilines is 1. The van der Waals surface area contributed by atoms with Gasteiger partial charge in [-0.2, -0.15) is 0 Å². The number of aliphatic hydroxyl groups excluding tert-OH is 1. The Morgan fingerprint density at radius 2 is 1.63 bits per heavy atom. The van der Waals surface area contributed by atoms with Gasteiger partial charge in [0.25, 0.3) is 5.91 Å². The minimum absolute atomic E-state index is 0.0944. The first-order valence-corrected chi connectivity index (χ1v) is 9.51. The van der Waals surface area contributed by atoms with Crippen molar-refractivity contribution in [3.05, 3.63) is 78.6 Å². The van der Waals surface area contributed by atoms with Crippen LogP contribution in [0.5, 0.6) is 0 Å². The third kappa shape index (κ3) is 3.98. The minimum atomic E-state index is -0.386. The van der Waals surface area contributed by atoms with Crippen molar-refractivity contribution in [1.29, 1.82) is 0 Å². The second-order valence-electron chi connectivity index (χ2n) is 6.73. The van der Waals surface area contributed by atoms with Crippen molar-refractivity contribution in [3.8, 4) is 22.4 Å². The van der Waals surface area contributed by atoms with Crippen LogP contribution in [-0.2, 0) is 0 Å². The molecule has 0 atom stereocenters. The van der Waals surface area contributed by atoms with Crippen LogP contribution >= 0.6 is 0 Å². The molecule has 2 heterocycles. The average molecular weight is 399 g/mol. The standard InChI is InChI=1S/C23H21N5O2/c24-28-23(30)19-13-22(27-21-9-10-25-14-20(19)21)17-3-1-15(2-4-17)16-5-7-18(8-6-16)26-11-12-29/h1-10,13-14,26,29H,11-12,24H2,(H,28,30). The number of benzene rings is 2. The second-order valence-corrected chi connectivity index (χ2v) is 6.73. The molecule has 0 aliphatic rings. The molecule has 0 bridgehead atoms. The van der Waals surface area contributed by atoms with E-state index in [1.165, 1.54) is 0 Å². The molecule has 1 amide bonds. The molecule has 0 spiro atoms. The van der Waals surface area contributed by atoms with Gasteiger partial charge in [0.05, 0.1) is 23.4 Å². The van der Waals surface area contributed by atoms with Gasteiger partial charge in [-0.1, -0.05) is 36.4 Å². The van der Waals surface area contributed by atoms with Crippen molar-refractivity contribution in [2.24, 2.45) is 5.84 Å². The first kappa shape index (κ1) is 19.5. The third-order valence-electron chi connectivity index (χ3n) is 4.83. The van der Waals surface area contributed by atoms with Gasteiger partial charge < -0.3 is 10.4 Å². The molecule has 0 aliphatic heterocycles. The summed E-state index contributed by atoms with van der Waals surface area (Å²) in [6, 6.07) is 19.5. The Morgan fingerprint density at radius 3 is 2.30 bits per heavy atom. The van der Waals surface area contributed by atoms with E-state index in [0.717, 1.165) is 22.4 Å². The summed E-state index contributed by atoms with van der Waals surface area (Å²) in [5.41, 5.74) is 7.98. The van der Waals surface area contributed by atoms with E-state index in [-0.39, 0.29) is 12.5 Å². The Labute approximate surface area is 173 Å². The molecule has 0 saturated heterocycles. The highest BCUT2D eigenvalue weighted by Crippen LogP contribution is 2.27. The van der Waals surface area contributed by atoms with Gasteiger partial charge >= 0.3 is 0 Å². The highest BCUT2D eigenvalue weighted by Gasteiger charge is 2.13. The van der Waals surface area contributed by atoms with Crippen molar-refractivity contribution < 1.29 is 9.90 Å². The van der Waals surface area contributed by atoms with E-state index in [0.29, 0.717) is 28.7 Å². The van der Waals surface area contributed by atoms with Crippen LogP contribution in [0, 0.1) is 0 Å². The monoisotopic (exact) mass is 399 g/mol. The molecule has 2 aromatic heterocycles. The van der Waals surface area contributed by atoms with E-state index < -0.39 is 0 Å². The molecule has 0 fully saturated rings.